The number of carbonyl (C=O) groups is 1. The van der Waals surface area contributed by atoms with E-state index in [0.717, 1.165) is 18.4 Å². The van der Waals surface area contributed by atoms with E-state index in [1.165, 1.54) is 7.11 Å². The summed E-state index contributed by atoms with van der Waals surface area (Å²) in [6.07, 6.45) is 2.07. The number of benzene rings is 1. The Morgan fingerprint density at radius 3 is 2.74 bits per heavy atom. The van der Waals surface area contributed by atoms with Gasteiger partial charge in [0.25, 0.3) is 0 Å². The molecule has 1 atom stereocenters. The molecule has 1 unspecified atom stereocenters. The van der Waals surface area contributed by atoms with Gasteiger partial charge in [-0.1, -0.05) is 25.5 Å². The lowest BCUT2D eigenvalue weighted by molar-refractivity contribution is -0.149. The van der Waals surface area contributed by atoms with Crippen molar-refractivity contribution in [3.05, 3.63) is 29.8 Å². The highest BCUT2D eigenvalue weighted by Crippen LogP contribution is 2.18. The van der Waals surface area contributed by atoms with Gasteiger partial charge in [0, 0.05) is 7.11 Å². The molecule has 0 amide bonds. The van der Waals surface area contributed by atoms with Gasteiger partial charge in [0.2, 0.25) is 0 Å². The zero-order valence-corrected chi connectivity index (χ0v) is 11.8. The highest BCUT2D eigenvalue weighted by molar-refractivity contribution is 5.74. The van der Waals surface area contributed by atoms with Crippen LogP contribution in [0.5, 0.6) is 5.75 Å². The summed E-state index contributed by atoms with van der Waals surface area (Å²) in [7, 11) is 3.03. The predicted octanol–water partition coefficient (Wildman–Crippen LogP) is 2.94. The molecule has 4 heteroatoms. The normalized spacial score (nSPS) is 11.9. The molecule has 0 saturated heterocycles. The Hall–Kier alpha value is -1.55. The molecule has 0 aliphatic carbocycles. The van der Waals surface area contributed by atoms with Crippen LogP contribution < -0.4 is 4.74 Å². The fourth-order valence-electron chi connectivity index (χ4n) is 1.79. The predicted molar refractivity (Wildman–Crippen MR) is 73.1 cm³/mol. The summed E-state index contributed by atoms with van der Waals surface area (Å²) in [5, 5.41) is 0. The van der Waals surface area contributed by atoms with Crippen molar-refractivity contribution in [2.75, 3.05) is 14.2 Å². The maximum atomic E-state index is 11.7. The third kappa shape index (κ3) is 5.30. The van der Waals surface area contributed by atoms with Gasteiger partial charge in [-0.15, -0.1) is 0 Å². The number of ether oxygens (including phenoxy) is 3. The van der Waals surface area contributed by atoms with Gasteiger partial charge in [0.05, 0.1) is 13.7 Å². The first-order chi connectivity index (χ1) is 9.21. The number of methoxy groups -OCH3 is 2. The van der Waals surface area contributed by atoms with Crippen LogP contribution in [0.25, 0.3) is 0 Å². The Morgan fingerprint density at radius 2 is 2.11 bits per heavy atom. The van der Waals surface area contributed by atoms with Crippen molar-refractivity contribution in [3.8, 4) is 5.75 Å². The molecule has 0 saturated carbocycles. The quantitative estimate of drug-likeness (QED) is 0.679. The largest absolute Gasteiger partial charge is 0.479 e. The Morgan fingerprint density at radius 1 is 1.32 bits per heavy atom. The molecule has 0 aromatic heterocycles. The molecule has 0 heterocycles. The second-order valence-electron chi connectivity index (χ2n) is 4.35. The molecule has 0 spiro atoms. The maximum Gasteiger partial charge on any atom is 0.347 e. The maximum absolute atomic E-state index is 11.7. The van der Waals surface area contributed by atoms with E-state index in [-0.39, 0.29) is 5.97 Å². The first kappa shape index (κ1) is 15.5. The number of rotatable bonds is 8. The van der Waals surface area contributed by atoms with Crippen molar-refractivity contribution >= 4 is 5.97 Å². The molecule has 19 heavy (non-hydrogen) atoms. The number of hydrogen-bond donors (Lipinski definition) is 0. The lowest BCUT2D eigenvalue weighted by atomic mass is 10.1. The van der Waals surface area contributed by atoms with E-state index in [1.807, 2.05) is 24.3 Å². The van der Waals surface area contributed by atoms with Gasteiger partial charge in [-0.05, 0) is 30.5 Å². The molecular weight excluding hydrogens is 244 g/mol. The highest BCUT2D eigenvalue weighted by Gasteiger charge is 2.20. The average molecular weight is 266 g/mol. The summed E-state index contributed by atoms with van der Waals surface area (Å²) in [5.74, 6) is 0.339. The SMILES string of the molecule is CCCCC(Oc1cccc(COC)c1)C(=O)OC. The van der Waals surface area contributed by atoms with Crippen LogP contribution >= 0.6 is 0 Å². The molecule has 0 aliphatic heterocycles. The second kappa shape index (κ2) is 8.53. The van der Waals surface area contributed by atoms with Crippen molar-refractivity contribution in [3.63, 3.8) is 0 Å². The van der Waals surface area contributed by atoms with E-state index < -0.39 is 6.10 Å². The van der Waals surface area contributed by atoms with Crippen molar-refractivity contribution in [1.82, 2.24) is 0 Å². The van der Waals surface area contributed by atoms with Crippen LogP contribution in [0, 0.1) is 0 Å². The van der Waals surface area contributed by atoms with E-state index in [1.54, 1.807) is 7.11 Å². The van der Waals surface area contributed by atoms with E-state index in [4.69, 9.17) is 14.2 Å². The monoisotopic (exact) mass is 266 g/mol. The topological polar surface area (TPSA) is 44.8 Å². The van der Waals surface area contributed by atoms with Gasteiger partial charge >= 0.3 is 5.97 Å². The lowest BCUT2D eigenvalue weighted by Crippen LogP contribution is -2.28. The van der Waals surface area contributed by atoms with Gasteiger partial charge in [0.1, 0.15) is 5.75 Å². The summed E-state index contributed by atoms with van der Waals surface area (Å²) in [6.45, 7) is 2.60. The average Bonchev–Trinajstić information content (AvgIpc) is 2.43. The molecule has 0 fully saturated rings. The Labute approximate surface area is 114 Å². The molecule has 4 nitrogen and oxygen atoms in total. The van der Waals surface area contributed by atoms with E-state index >= 15 is 0 Å². The minimum atomic E-state index is -0.539. The fraction of sp³-hybridized carbons (Fsp3) is 0.533. The van der Waals surface area contributed by atoms with Crippen LogP contribution in [0.15, 0.2) is 24.3 Å². The smallest absolute Gasteiger partial charge is 0.347 e. The molecule has 0 aliphatic rings. The summed E-state index contributed by atoms with van der Waals surface area (Å²) in [6, 6.07) is 7.56. The number of hydrogen-bond acceptors (Lipinski definition) is 4. The van der Waals surface area contributed by atoms with Gasteiger partial charge < -0.3 is 14.2 Å². The van der Waals surface area contributed by atoms with E-state index in [9.17, 15) is 4.79 Å². The third-order valence-corrected chi connectivity index (χ3v) is 2.77. The molecule has 0 bridgehead atoms. The van der Waals surface area contributed by atoms with Gasteiger partial charge in [0.15, 0.2) is 6.10 Å². The van der Waals surface area contributed by atoms with Crippen LogP contribution in [-0.2, 0) is 20.9 Å². The molecule has 1 rings (SSSR count). The third-order valence-electron chi connectivity index (χ3n) is 2.77. The Kier molecular flexibility index (Phi) is 6.97. The highest BCUT2D eigenvalue weighted by atomic mass is 16.6. The lowest BCUT2D eigenvalue weighted by Gasteiger charge is -2.17. The first-order valence-corrected chi connectivity index (χ1v) is 6.53. The molecule has 0 N–H and O–H groups in total. The van der Waals surface area contributed by atoms with Crippen LogP contribution in [0.1, 0.15) is 31.7 Å². The van der Waals surface area contributed by atoms with Crippen molar-refractivity contribution in [2.24, 2.45) is 0 Å². The minimum Gasteiger partial charge on any atom is -0.479 e. The Bertz CT molecular complexity index is 389. The van der Waals surface area contributed by atoms with Crippen LogP contribution in [-0.4, -0.2) is 26.3 Å². The van der Waals surface area contributed by atoms with Gasteiger partial charge in [-0.3, -0.25) is 0 Å². The molecule has 0 radical (unpaired) electrons. The number of unbranched alkanes of at least 4 members (excludes halogenated alkanes) is 1. The zero-order valence-electron chi connectivity index (χ0n) is 11.8. The molecule has 106 valence electrons. The Balaban J connectivity index is 2.71. The fourth-order valence-corrected chi connectivity index (χ4v) is 1.79. The van der Waals surface area contributed by atoms with Crippen LogP contribution in [0.4, 0.5) is 0 Å². The first-order valence-electron chi connectivity index (χ1n) is 6.53. The van der Waals surface area contributed by atoms with Crippen LogP contribution in [0.3, 0.4) is 0 Å². The number of carbonyl (C=O) groups excluding carboxylic acids is 1. The zero-order chi connectivity index (χ0) is 14.1. The molecule has 1 aromatic rings. The van der Waals surface area contributed by atoms with Gasteiger partial charge in [-0.2, -0.15) is 0 Å². The molecular formula is C15H22O4. The van der Waals surface area contributed by atoms with Crippen molar-refractivity contribution < 1.29 is 19.0 Å². The summed E-state index contributed by atoms with van der Waals surface area (Å²) in [4.78, 5) is 11.7. The van der Waals surface area contributed by atoms with Gasteiger partial charge in [-0.25, -0.2) is 4.79 Å². The van der Waals surface area contributed by atoms with E-state index in [2.05, 4.69) is 6.92 Å². The van der Waals surface area contributed by atoms with E-state index in [0.29, 0.717) is 18.8 Å². The standard InChI is InChI=1S/C15H22O4/c1-4-5-9-14(15(16)18-3)19-13-8-6-7-12(10-13)11-17-2/h6-8,10,14H,4-5,9,11H2,1-3H3. The van der Waals surface area contributed by atoms with Crippen molar-refractivity contribution in [2.45, 2.75) is 38.9 Å². The molecule has 1 aromatic carbocycles. The summed E-state index contributed by atoms with van der Waals surface area (Å²) >= 11 is 0. The number of esters is 1. The summed E-state index contributed by atoms with van der Waals surface area (Å²) < 4.78 is 15.6. The van der Waals surface area contributed by atoms with Crippen molar-refractivity contribution in [1.29, 1.82) is 0 Å². The van der Waals surface area contributed by atoms with Crippen LogP contribution in [0.2, 0.25) is 0 Å². The second-order valence-corrected chi connectivity index (χ2v) is 4.35. The minimum absolute atomic E-state index is 0.328. The summed E-state index contributed by atoms with van der Waals surface area (Å²) in [5.41, 5.74) is 1.01.